The molecule has 0 radical (unpaired) electrons. The molecule has 5 heteroatoms. The Labute approximate surface area is 112 Å². The van der Waals surface area contributed by atoms with Gasteiger partial charge < -0.3 is 10.2 Å². The molecular weight excluding hydrogens is 255 g/mol. The van der Waals surface area contributed by atoms with Crippen molar-refractivity contribution in [3.05, 3.63) is 24.3 Å². The number of carbonyl (C=O) groups is 1. The van der Waals surface area contributed by atoms with Crippen molar-refractivity contribution in [3.8, 4) is 0 Å². The van der Waals surface area contributed by atoms with E-state index in [4.69, 9.17) is 11.6 Å². The Bertz CT molecular complexity index is 381. The van der Waals surface area contributed by atoms with Crippen LogP contribution in [0.2, 0.25) is 0 Å². The highest BCUT2D eigenvalue weighted by molar-refractivity contribution is 6.31. The van der Waals surface area contributed by atoms with Crippen LogP contribution in [0.5, 0.6) is 0 Å². The minimum atomic E-state index is -2.02. The van der Waals surface area contributed by atoms with E-state index in [1.807, 2.05) is 19.2 Å². The van der Waals surface area contributed by atoms with Crippen molar-refractivity contribution in [2.45, 2.75) is 25.4 Å². The highest BCUT2D eigenvalue weighted by Gasteiger charge is 2.12. The standard InChI is InChI=1S/C13H18ClFN2O/c1-3-4-9-17(2)11-7-5-10(6-8-11)16-13(18)12(14)15/h5-8,12H,3-4,9H2,1-2H3,(H,16,18). The van der Waals surface area contributed by atoms with E-state index < -0.39 is 11.5 Å². The number of amides is 1. The lowest BCUT2D eigenvalue weighted by Gasteiger charge is -2.19. The van der Waals surface area contributed by atoms with Gasteiger partial charge in [0.2, 0.25) is 0 Å². The van der Waals surface area contributed by atoms with Crippen LogP contribution in [0, 0.1) is 0 Å². The van der Waals surface area contributed by atoms with Gasteiger partial charge in [-0.1, -0.05) is 24.9 Å². The van der Waals surface area contributed by atoms with E-state index in [-0.39, 0.29) is 0 Å². The molecule has 3 nitrogen and oxygen atoms in total. The van der Waals surface area contributed by atoms with Crippen LogP contribution in [0.3, 0.4) is 0 Å². The highest BCUT2D eigenvalue weighted by atomic mass is 35.5. The van der Waals surface area contributed by atoms with Crippen LogP contribution >= 0.6 is 11.6 Å². The van der Waals surface area contributed by atoms with Crippen molar-refractivity contribution in [1.29, 1.82) is 0 Å². The van der Waals surface area contributed by atoms with Crippen LogP contribution in [-0.4, -0.2) is 25.1 Å². The number of nitrogens with one attached hydrogen (secondary N) is 1. The summed E-state index contributed by atoms with van der Waals surface area (Å²) in [6, 6.07) is 7.23. The van der Waals surface area contributed by atoms with Gasteiger partial charge in [-0.15, -0.1) is 0 Å². The summed E-state index contributed by atoms with van der Waals surface area (Å²) in [5.74, 6) is -0.844. The molecule has 1 aromatic carbocycles. The number of nitrogens with zero attached hydrogens (tertiary/aromatic N) is 1. The first-order valence-corrected chi connectivity index (χ1v) is 6.38. The van der Waals surface area contributed by atoms with Crippen LogP contribution in [0.4, 0.5) is 15.8 Å². The molecule has 0 heterocycles. The second kappa shape index (κ2) is 7.21. The molecule has 0 aliphatic carbocycles. The van der Waals surface area contributed by atoms with Gasteiger partial charge in [0.05, 0.1) is 0 Å². The fourth-order valence-electron chi connectivity index (χ4n) is 1.52. The van der Waals surface area contributed by atoms with E-state index in [2.05, 4.69) is 17.1 Å². The van der Waals surface area contributed by atoms with Crippen molar-refractivity contribution in [2.24, 2.45) is 0 Å². The molecule has 1 N–H and O–H groups in total. The number of hydrogen-bond acceptors (Lipinski definition) is 2. The fraction of sp³-hybridized carbons (Fsp3) is 0.462. The number of carbonyl (C=O) groups excluding carboxylic acids is 1. The molecule has 0 spiro atoms. The molecule has 1 atom stereocenters. The minimum absolute atomic E-state index is 0.538. The van der Waals surface area contributed by atoms with Crippen molar-refractivity contribution < 1.29 is 9.18 Å². The molecule has 1 rings (SSSR count). The maximum Gasteiger partial charge on any atom is 0.274 e. The van der Waals surface area contributed by atoms with Crippen molar-refractivity contribution >= 4 is 28.9 Å². The van der Waals surface area contributed by atoms with E-state index in [1.54, 1.807) is 12.1 Å². The van der Waals surface area contributed by atoms with E-state index in [9.17, 15) is 9.18 Å². The monoisotopic (exact) mass is 272 g/mol. The SMILES string of the molecule is CCCCN(C)c1ccc(NC(=O)C(F)Cl)cc1. The second-order valence-electron chi connectivity index (χ2n) is 4.11. The second-order valence-corrected chi connectivity index (χ2v) is 4.50. The van der Waals surface area contributed by atoms with Gasteiger partial charge in [0.25, 0.3) is 11.5 Å². The van der Waals surface area contributed by atoms with Gasteiger partial charge in [0, 0.05) is 25.0 Å². The Morgan fingerprint density at radius 1 is 1.44 bits per heavy atom. The zero-order valence-corrected chi connectivity index (χ0v) is 11.4. The van der Waals surface area contributed by atoms with Crippen LogP contribution in [0.1, 0.15) is 19.8 Å². The van der Waals surface area contributed by atoms with E-state index in [0.29, 0.717) is 5.69 Å². The molecule has 100 valence electrons. The van der Waals surface area contributed by atoms with Crippen LogP contribution in [0.15, 0.2) is 24.3 Å². The van der Waals surface area contributed by atoms with Gasteiger partial charge in [-0.3, -0.25) is 4.79 Å². The first kappa shape index (κ1) is 14.8. The van der Waals surface area contributed by atoms with Gasteiger partial charge in [0.15, 0.2) is 0 Å². The average molecular weight is 273 g/mol. The maximum atomic E-state index is 12.5. The summed E-state index contributed by atoms with van der Waals surface area (Å²) < 4.78 is 12.5. The lowest BCUT2D eigenvalue weighted by Crippen LogP contribution is -2.20. The molecule has 1 unspecified atom stereocenters. The third kappa shape index (κ3) is 4.53. The number of alkyl halides is 2. The summed E-state index contributed by atoms with van der Waals surface area (Å²) in [6.07, 6.45) is 2.27. The lowest BCUT2D eigenvalue weighted by atomic mass is 10.2. The molecule has 1 amide bonds. The third-order valence-corrected chi connectivity index (χ3v) is 2.82. The number of anilines is 2. The van der Waals surface area contributed by atoms with Gasteiger partial charge in [0.1, 0.15) is 0 Å². The van der Waals surface area contributed by atoms with Gasteiger partial charge in [-0.25, -0.2) is 4.39 Å². The molecule has 0 fully saturated rings. The normalized spacial score (nSPS) is 12.0. The molecular formula is C13H18ClFN2O. The summed E-state index contributed by atoms with van der Waals surface area (Å²) in [5.41, 5.74) is -0.419. The van der Waals surface area contributed by atoms with Gasteiger partial charge in [-0.2, -0.15) is 0 Å². The van der Waals surface area contributed by atoms with E-state index in [1.165, 1.54) is 0 Å². The summed E-state index contributed by atoms with van der Waals surface area (Å²) in [7, 11) is 2.01. The molecule has 0 saturated carbocycles. The Morgan fingerprint density at radius 3 is 2.56 bits per heavy atom. The molecule has 0 saturated heterocycles. The molecule has 0 aliphatic rings. The van der Waals surface area contributed by atoms with Gasteiger partial charge >= 0.3 is 0 Å². The summed E-state index contributed by atoms with van der Waals surface area (Å²) in [6.45, 7) is 3.13. The van der Waals surface area contributed by atoms with Crippen LogP contribution in [0.25, 0.3) is 0 Å². The van der Waals surface area contributed by atoms with Crippen molar-refractivity contribution in [3.63, 3.8) is 0 Å². The quantitative estimate of drug-likeness (QED) is 0.805. The first-order chi connectivity index (χ1) is 8.54. The van der Waals surface area contributed by atoms with E-state index >= 15 is 0 Å². The summed E-state index contributed by atoms with van der Waals surface area (Å²) in [5, 5.41) is 2.39. The van der Waals surface area contributed by atoms with Crippen molar-refractivity contribution in [2.75, 3.05) is 23.8 Å². The number of benzene rings is 1. The highest BCUT2D eigenvalue weighted by Crippen LogP contribution is 2.17. The Hall–Kier alpha value is -1.29. The zero-order chi connectivity index (χ0) is 13.5. The predicted molar refractivity (Wildman–Crippen MR) is 74.0 cm³/mol. The average Bonchev–Trinajstić information content (AvgIpc) is 2.36. The third-order valence-electron chi connectivity index (χ3n) is 2.62. The fourth-order valence-corrected chi connectivity index (χ4v) is 1.57. The Kier molecular flexibility index (Phi) is 5.92. The molecule has 0 aliphatic heterocycles. The maximum absolute atomic E-state index is 12.5. The first-order valence-electron chi connectivity index (χ1n) is 5.94. The van der Waals surface area contributed by atoms with Crippen LogP contribution in [-0.2, 0) is 4.79 Å². The molecule has 0 aromatic heterocycles. The summed E-state index contributed by atoms with van der Waals surface area (Å²) in [4.78, 5) is 13.2. The predicted octanol–water partition coefficient (Wildman–Crippen LogP) is 3.40. The number of hydrogen-bond donors (Lipinski definition) is 1. The lowest BCUT2D eigenvalue weighted by molar-refractivity contribution is -0.118. The summed E-state index contributed by atoms with van der Waals surface area (Å²) >= 11 is 5.03. The molecule has 18 heavy (non-hydrogen) atoms. The zero-order valence-electron chi connectivity index (χ0n) is 10.6. The van der Waals surface area contributed by atoms with Crippen LogP contribution < -0.4 is 10.2 Å². The molecule has 1 aromatic rings. The van der Waals surface area contributed by atoms with Crippen molar-refractivity contribution in [1.82, 2.24) is 0 Å². The Morgan fingerprint density at radius 2 is 2.06 bits per heavy atom. The topological polar surface area (TPSA) is 32.3 Å². The number of rotatable bonds is 6. The van der Waals surface area contributed by atoms with Gasteiger partial charge in [-0.05, 0) is 30.7 Å². The largest absolute Gasteiger partial charge is 0.375 e. The minimum Gasteiger partial charge on any atom is -0.375 e. The number of unbranched alkanes of at least 4 members (excludes halogenated alkanes) is 1. The smallest absolute Gasteiger partial charge is 0.274 e. The number of halogens is 2. The Balaban J connectivity index is 2.59. The van der Waals surface area contributed by atoms with E-state index in [0.717, 1.165) is 25.1 Å². The molecule has 0 bridgehead atoms.